The van der Waals surface area contributed by atoms with Gasteiger partial charge in [0.25, 0.3) is 0 Å². The Kier molecular flexibility index (Phi) is 9.62. The van der Waals surface area contributed by atoms with E-state index in [1.165, 1.54) is 11.1 Å². The van der Waals surface area contributed by atoms with Crippen molar-refractivity contribution in [3.05, 3.63) is 115 Å². The first-order chi connectivity index (χ1) is 24.5. The Hall–Kier alpha value is -4.25. The molecule has 1 aliphatic heterocycles. The maximum absolute atomic E-state index is 14.4. The first-order valence-electron chi connectivity index (χ1n) is 19.1. The van der Waals surface area contributed by atoms with Crippen LogP contribution in [0.4, 0.5) is 0 Å². The fourth-order valence-corrected chi connectivity index (χ4v) is 7.98. The van der Waals surface area contributed by atoms with Crippen LogP contribution in [-0.2, 0) is 45.7 Å². The van der Waals surface area contributed by atoms with Gasteiger partial charge in [-0.05, 0) is 71.7 Å². The van der Waals surface area contributed by atoms with Crippen LogP contribution >= 0.6 is 0 Å². The maximum Gasteiger partial charge on any atom is 0.323 e. The van der Waals surface area contributed by atoms with Crippen molar-refractivity contribution in [2.75, 3.05) is 21.3 Å². The lowest BCUT2D eigenvalue weighted by Crippen LogP contribution is -2.18. The van der Waals surface area contributed by atoms with Gasteiger partial charge in [0.15, 0.2) is 0 Å². The number of esters is 1. The molecule has 4 aromatic carbocycles. The molecule has 0 aromatic heterocycles. The highest BCUT2D eigenvalue weighted by atomic mass is 16.5. The molecule has 0 saturated carbocycles. The van der Waals surface area contributed by atoms with Crippen LogP contribution < -0.4 is 18.9 Å². The molecule has 1 unspecified atom stereocenters. The largest absolute Gasteiger partial charge is 0.496 e. The fourth-order valence-electron chi connectivity index (χ4n) is 7.98. The molecule has 4 aromatic rings. The summed E-state index contributed by atoms with van der Waals surface area (Å²) in [7, 11) is 5.26. The molecule has 0 amide bonds. The molecule has 53 heavy (non-hydrogen) atoms. The summed E-state index contributed by atoms with van der Waals surface area (Å²) < 4.78 is 25.4. The highest BCUT2D eigenvalue weighted by Crippen LogP contribution is 2.50. The topological polar surface area (TPSA) is 54.0 Å². The summed E-state index contributed by atoms with van der Waals surface area (Å²) in [5.74, 6) is 2.16. The molecule has 1 heterocycles. The Bertz CT molecular complexity index is 2090. The van der Waals surface area contributed by atoms with E-state index >= 15 is 0 Å². The minimum Gasteiger partial charge on any atom is -0.496 e. The first-order valence-corrected chi connectivity index (χ1v) is 19.1. The third kappa shape index (κ3) is 7.21. The number of hydrogen-bond acceptors (Lipinski definition) is 5. The van der Waals surface area contributed by atoms with E-state index in [0.717, 1.165) is 67.1 Å². The van der Waals surface area contributed by atoms with Crippen molar-refractivity contribution < 1.29 is 23.7 Å². The van der Waals surface area contributed by atoms with Crippen LogP contribution in [0.25, 0.3) is 0 Å². The fraction of sp³-hybridized carbons (Fsp3) is 0.479. The van der Waals surface area contributed by atoms with Crippen LogP contribution in [0.3, 0.4) is 0 Å². The van der Waals surface area contributed by atoms with Gasteiger partial charge in [-0.25, -0.2) is 0 Å². The standard InChI is InChI=1S/C48H60O5/c1-45(2,3)33-19-27-16-28-20-34(46(4,5)6)22-30(41(28)51-14)18-32-24-36(48(10,11)12)26-38-39(44(49)53-43(32)38)37-25-35(47(7,8)9)23-31(42(37)52-15)17-29(21-33)40(27)50-13/h19-26,39H,16-18H2,1-15H3. The van der Waals surface area contributed by atoms with Gasteiger partial charge in [0, 0.05) is 36.0 Å². The molecule has 0 spiro atoms. The van der Waals surface area contributed by atoms with E-state index in [9.17, 15) is 4.79 Å². The smallest absolute Gasteiger partial charge is 0.323 e. The SMILES string of the molecule is COc1c2cc(C(C)(C)C)cc1Cc1cc(C(C)(C)C)cc(c1OC)C1C(=O)Oc3c(cc(C(C)(C)C)cc31)Cc1cc(C(C)(C)C)cc(c1OC)C2. The lowest BCUT2D eigenvalue weighted by atomic mass is 9.77. The van der Waals surface area contributed by atoms with Gasteiger partial charge >= 0.3 is 5.97 Å². The zero-order valence-electron chi connectivity index (χ0n) is 34.9. The number of methoxy groups -OCH3 is 3. The average molecular weight is 717 g/mol. The summed E-state index contributed by atoms with van der Waals surface area (Å²) in [5.41, 5.74) is 12.2. The minimum atomic E-state index is -0.647. The zero-order valence-corrected chi connectivity index (χ0v) is 34.9. The van der Waals surface area contributed by atoms with E-state index in [4.69, 9.17) is 18.9 Å². The van der Waals surface area contributed by atoms with Gasteiger partial charge in [0.2, 0.25) is 0 Å². The predicted molar refractivity (Wildman–Crippen MR) is 216 cm³/mol. The molecule has 282 valence electrons. The second-order valence-electron chi connectivity index (χ2n) is 19.4. The van der Waals surface area contributed by atoms with E-state index in [-0.39, 0.29) is 27.6 Å². The Morgan fingerprint density at radius 3 is 1.11 bits per heavy atom. The molecule has 2 aliphatic rings. The van der Waals surface area contributed by atoms with Gasteiger partial charge in [-0.3, -0.25) is 4.79 Å². The second kappa shape index (κ2) is 13.2. The monoisotopic (exact) mass is 716 g/mol. The predicted octanol–water partition coefficient (Wildman–Crippen LogP) is 11.0. The molecular weight excluding hydrogens is 657 g/mol. The second-order valence-corrected chi connectivity index (χ2v) is 19.4. The quantitative estimate of drug-likeness (QED) is 0.156. The molecule has 1 atom stereocenters. The molecule has 5 heteroatoms. The zero-order chi connectivity index (χ0) is 39.0. The van der Waals surface area contributed by atoms with Crippen LogP contribution in [0, 0.1) is 0 Å². The Labute approximate surface area is 318 Å². The number of carbonyl (C=O) groups is 1. The van der Waals surface area contributed by atoms with Crippen molar-refractivity contribution in [3.8, 4) is 23.0 Å². The Morgan fingerprint density at radius 2 is 0.755 bits per heavy atom. The normalized spacial score (nSPS) is 16.0. The van der Waals surface area contributed by atoms with Crippen LogP contribution in [0.1, 0.15) is 156 Å². The summed E-state index contributed by atoms with van der Waals surface area (Å²) >= 11 is 0. The van der Waals surface area contributed by atoms with Crippen LogP contribution in [0.15, 0.2) is 48.5 Å². The van der Waals surface area contributed by atoms with Crippen molar-refractivity contribution in [3.63, 3.8) is 0 Å². The molecule has 0 fully saturated rings. The number of hydrogen-bond donors (Lipinski definition) is 0. The van der Waals surface area contributed by atoms with Gasteiger partial charge < -0.3 is 18.9 Å². The lowest BCUT2D eigenvalue weighted by molar-refractivity contribution is -0.133. The molecule has 10 bridgehead atoms. The van der Waals surface area contributed by atoms with E-state index in [0.29, 0.717) is 30.8 Å². The maximum atomic E-state index is 14.4. The summed E-state index contributed by atoms with van der Waals surface area (Å²) in [6.07, 6.45) is 1.73. The highest BCUT2D eigenvalue weighted by Gasteiger charge is 2.41. The molecule has 6 rings (SSSR count). The van der Waals surface area contributed by atoms with E-state index in [1.807, 2.05) is 0 Å². The Balaban J connectivity index is 1.79. The van der Waals surface area contributed by atoms with E-state index < -0.39 is 5.92 Å². The molecular formula is C48H60O5. The average Bonchev–Trinajstić information content (AvgIpc) is 3.37. The van der Waals surface area contributed by atoms with Gasteiger partial charge in [0.1, 0.15) is 28.9 Å². The number of fused-ring (bicyclic) bond motifs is 7. The highest BCUT2D eigenvalue weighted by molar-refractivity contribution is 5.91. The number of ether oxygens (including phenoxy) is 4. The van der Waals surface area contributed by atoms with E-state index in [2.05, 4.69) is 132 Å². The van der Waals surface area contributed by atoms with Crippen molar-refractivity contribution in [1.82, 2.24) is 0 Å². The van der Waals surface area contributed by atoms with Crippen molar-refractivity contribution in [2.45, 2.75) is 130 Å². The van der Waals surface area contributed by atoms with Crippen molar-refractivity contribution >= 4 is 5.97 Å². The summed E-state index contributed by atoms with van der Waals surface area (Å²) in [5, 5.41) is 0. The number of benzene rings is 4. The first kappa shape index (κ1) is 38.5. The van der Waals surface area contributed by atoms with Gasteiger partial charge in [-0.15, -0.1) is 0 Å². The Morgan fingerprint density at radius 1 is 0.453 bits per heavy atom. The van der Waals surface area contributed by atoms with E-state index in [1.54, 1.807) is 21.3 Å². The van der Waals surface area contributed by atoms with Crippen LogP contribution in [0.5, 0.6) is 23.0 Å². The van der Waals surface area contributed by atoms with Gasteiger partial charge in [-0.2, -0.15) is 0 Å². The summed E-state index contributed by atoms with van der Waals surface area (Å²) in [4.78, 5) is 14.4. The van der Waals surface area contributed by atoms with Crippen molar-refractivity contribution in [1.29, 1.82) is 0 Å². The molecule has 5 nitrogen and oxygen atoms in total. The number of carbonyl (C=O) groups excluding carboxylic acids is 1. The number of rotatable bonds is 3. The minimum absolute atomic E-state index is 0.112. The van der Waals surface area contributed by atoms with Gasteiger partial charge in [-0.1, -0.05) is 132 Å². The summed E-state index contributed by atoms with van der Waals surface area (Å²) in [6.45, 7) is 26.9. The third-order valence-corrected chi connectivity index (χ3v) is 11.2. The molecule has 0 radical (unpaired) electrons. The van der Waals surface area contributed by atoms with Crippen molar-refractivity contribution in [2.24, 2.45) is 0 Å². The lowest BCUT2D eigenvalue weighted by Gasteiger charge is -2.28. The molecule has 0 N–H and O–H groups in total. The summed E-state index contributed by atoms with van der Waals surface area (Å²) in [6, 6.07) is 18.1. The molecule has 1 aliphatic carbocycles. The third-order valence-electron chi connectivity index (χ3n) is 11.2. The van der Waals surface area contributed by atoms with Crippen LogP contribution in [0.2, 0.25) is 0 Å². The van der Waals surface area contributed by atoms with Crippen LogP contribution in [-0.4, -0.2) is 27.3 Å². The van der Waals surface area contributed by atoms with Gasteiger partial charge in [0.05, 0.1) is 21.3 Å². The molecule has 0 saturated heterocycles.